The van der Waals surface area contributed by atoms with Crippen LogP contribution in [0.5, 0.6) is 5.75 Å². The Balaban J connectivity index is 2.73. The van der Waals surface area contributed by atoms with Gasteiger partial charge in [0.2, 0.25) is 0 Å². The minimum atomic E-state index is -1.13. The Labute approximate surface area is 109 Å². The van der Waals surface area contributed by atoms with Crippen molar-refractivity contribution in [3.63, 3.8) is 0 Å². The van der Waals surface area contributed by atoms with Crippen molar-refractivity contribution in [2.24, 2.45) is 0 Å². The van der Waals surface area contributed by atoms with Crippen molar-refractivity contribution in [2.75, 3.05) is 13.2 Å². The van der Waals surface area contributed by atoms with Crippen LogP contribution in [0.3, 0.4) is 0 Å². The van der Waals surface area contributed by atoms with Crippen LogP contribution in [0.25, 0.3) is 6.08 Å². The highest BCUT2D eigenvalue weighted by Crippen LogP contribution is 2.17. The van der Waals surface area contributed by atoms with Gasteiger partial charge in [0.15, 0.2) is 6.61 Å². The number of amides is 1. The van der Waals surface area contributed by atoms with E-state index in [9.17, 15) is 14.0 Å². The van der Waals surface area contributed by atoms with Crippen LogP contribution in [-0.2, 0) is 9.59 Å². The van der Waals surface area contributed by atoms with Crippen molar-refractivity contribution in [3.8, 4) is 5.75 Å². The minimum Gasteiger partial charge on any atom is -0.484 e. The number of aliphatic carboxylic acids is 1. The van der Waals surface area contributed by atoms with Crippen molar-refractivity contribution in [1.29, 1.82) is 0 Å². The maximum absolute atomic E-state index is 13.3. The van der Waals surface area contributed by atoms with Crippen molar-refractivity contribution >= 4 is 18.0 Å². The van der Waals surface area contributed by atoms with E-state index in [2.05, 4.69) is 5.32 Å². The number of benzene rings is 1. The van der Waals surface area contributed by atoms with Crippen LogP contribution < -0.4 is 10.1 Å². The quantitative estimate of drug-likeness (QED) is 0.765. The molecule has 0 unspecified atom stereocenters. The molecule has 1 aromatic carbocycles. The summed E-state index contributed by atoms with van der Waals surface area (Å²) in [6.45, 7) is 2.03. The first-order chi connectivity index (χ1) is 9.01. The summed E-state index contributed by atoms with van der Waals surface area (Å²) in [6.07, 6.45) is 2.13. The SMILES string of the molecule is CCNC(=O)COc1cc(F)cc(/C=C/C(=O)O)c1. The van der Waals surface area contributed by atoms with Crippen molar-refractivity contribution in [1.82, 2.24) is 5.32 Å². The van der Waals surface area contributed by atoms with E-state index in [-0.39, 0.29) is 18.3 Å². The predicted octanol–water partition coefficient (Wildman–Crippen LogP) is 1.44. The van der Waals surface area contributed by atoms with E-state index in [1.54, 1.807) is 6.92 Å². The molecular weight excluding hydrogens is 253 g/mol. The standard InChI is InChI=1S/C13H14FNO4/c1-2-15-12(16)8-19-11-6-9(3-4-13(17)18)5-10(14)7-11/h3-7H,2,8H2,1H3,(H,15,16)(H,17,18)/b4-3+. The van der Waals surface area contributed by atoms with Crippen LogP contribution >= 0.6 is 0 Å². The predicted molar refractivity (Wildman–Crippen MR) is 67.2 cm³/mol. The Morgan fingerprint density at radius 1 is 1.42 bits per heavy atom. The Kier molecular flexibility index (Phi) is 5.53. The largest absolute Gasteiger partial charge is 0.484 e. The minimum absolute atomic E-state index is 0.163. The van der Waals surface area contributed by atoms with E-state index >= 15 is 0 Å². The fourth-order valence-electron chi connectivity index (χ4n) is 1.33. The van der Waals surface area contributed by atoms with E-state index in [1.165, 1.54) is 18.2 Å². The number of likely N-dealkylation sites (N-methyl/N-ethyl adjacent to an activating group) is 1. The molecule has 0 aliphatic rings. The second-order valence-electron chi connectivity index (χ2n) is 3.63. The first kappa shape index (κ1) is 14.7. The molecular formula is C13H14FNO4. The lowest BCUT2D eigenvalue weighted by atomic mass is 10.2. The zero-order valence-corrected chi connectivity index (χ0v) is 10.4. The summed E-state index contributed by atoms with van der Waals surface area (Å²) in [5.74, 6) is -1.85. The van der Waals surface area contributed by atoms with Crippen LogP contribution in [0, 0.1) is 5.82 Å². The van der Waals surface area contributed by atoms with E-state index < -0.39 is 11.8 Å². The molecule has 0 saturated heterocycles. The topological polar surface area (TPSA) is 75.6 Å². The maximum Gasteiger partial charge on any atom is 0.328 e. The Hall–Kier alpha value is -2.37. The monoisotopic (exact) mass is 267 g/mol. The fourth-order valence-corrected chi connectivity index (χ4v) is 1.33. The molecule has 0 saturated carbocycles. The van der Waals surface area contributed by atoms with Gasteiger partial charge < -0.3 is 15.2 Å². The number of carboxylic acid groups (broad SMARTS) is 1. The molecule has 0 bridgehead atoms. The van der Waals surface area contributed by atoms with E-state index in [0.717, 1.165) is 12.1 Å². The molecule has 102 valence electrons. The smallest absolute Gasteiger partial charge is 0.328 e. The summed E-state index contributed by atoms with van der Waals surface area (Å²) in [6, 6.07) is 3.73. The number of carbonyl (C=O) groups is 2. The molecule has 6 heteroatoms. The first-order valence-electron chi connectivity index (χ1n) is 5.62. The molecule has 0 spiro atoms. The van der Waals surface area contributed by atoms with Gasteiger partial charge in [0.1, 0.15) is 11.6 Å². The number of rotatable bonds is 6. The summed E-state index contributed by atoms with van der Waals surface area (Å²) >= 11 is 0. The van der Waals surface area contributed by atoms with E-state index in [1.807, 2.05) is 0 Å². The Bertz CT molecular complexity index is 499. The molecule has 1 rings (SSSR count). The number of ether oxygens (including phenoxy) is 1. The second kappa shape index (κ2) is 7.15. The van der Waals surface area contributed by atoms with Gasteiger partial charge in [-0.25, -0.2) is 9.18 Å². The lowest BCUT2D eigenvalue weighted by Gasteiger charge is -2.07. The Morgan fingerprint density at radius 2 is 2.16 bits per heavy atom. The summed E-state index contributed by atoms with van der Waals surface area (Å²) in [4.78, 5) is 21.5. The van der Waals surface area contributed by atoms with Crippen LogP contribution in [0.2, 0.25) is 0 Å². The normalized spacial score (nSPS) is 10.4. The van der Waals surface area contributed by atoms with Crippen molar-refractivity contribution < 1.29 is 23.8 Å². The van der Waals surface area contributed by atoms with E-state index in [0.29, 0.717) is 12.1 Å². The van der Waals surface area contributed by atoms with Gasteiger partial charge in [0, 0.05) is 18.7 Å². The molecule has 1 aromatic rings. The third kappa shape index (κ3) is 5.67. The van der Waals surface area contributed by atoms with E-state index in [4.69, 9.17) is 9.84 Å². The molecule has 0 heterocycles. The average molecular weight is 267 g/mol. The van der Waals surface area contributed by atoms with Gasteiger partial charge in [0.05, 0.1) is 0 Å². The average Bonchev–Trinajstić information content (AvgIpc) is 2.34. The molecule has 0 aliphatic heterocycles. The van der Waals surface area contributed by atoms with Crippen molar-refractivity contribution in [2.45, 2.75) is 6.92 Å². The zero-order valence-electron chi connectivity index (χ0n) is 10.4. The lowest BCUT2D eigenvalue weighted by molar-refractivity contribution is -0.131. The van der Waals surface area contributed by atoms with Gasteiger partial charge in [-0.15, -0.1) is 0 Å². The van der Waals surface area contributed by atoms with Gasteiger partial charge in [-0.05, 0) is 30.7 Å². The number of carboxylic acids is 1. The molecule has 0 fully saturated rings. The molecule has 0 aliphatic carbocycles. The Morgan fingerprint density at radius 3 is 2.79 bits per heavy atom. The van der Waals surface area contributed by atoms with Crippen LogP contribution in [0.4, 0.5) is 4.39 Å². The fraction of sp³-hybridized carbons (Fsp3) is 0.231. The summed E-state index contributed by atoms with van der Waals surface area (Å²) in [5.41, 5.74) is 0.341. The van der Waals surface area contributed by atoms with Crippen LogP contribution in [0.15, 0.2) is 24.3 Å². The maximum atomic E-state index is 13.3. The number of nitrogens with one attached hydrogen (secondary N) is 1. The highest BCUT2D eigenvalue weighted by molar-refractivity contribution is 5.85. The number of halogens is 1. The zero-order chi connectivity index (χ0) is 14.3. The second-order valence-corrected chi connectivity index (χ2v) is 3.63. The summed E-state index contributed by atoms with van der Waals surface area (Å²) < 4.78 is 18.4. The summed E-state index contributed by atoms with van der Waals surface area (Å²) in [7, 11) is 0. The summed E-state index contributed by atoms with van der Waals surface area (Å²) in [5, 5.41) is 11.0. The third-order valence-corrected chi connectivity index (χ3v) is 2.06. The third-order valence-electron chi connectivity index (χ3n) is 2.06. The van der Waals surface area contributed by atoms with Gasteiger partial charge in [-0.3, -0.25) is 4.79 Å². The van der Waals surface area contributed by atoms with Gasteiger partial charge in [0.25, 0.3) is 5.91 Å². The number of hydrogen-bond donors (Lipinski definition) is 2. The lowest BCUT2D eigenvalue weighted by Crippen LogP contribution is -2.28. The highest BCUT2D eigenvalue weighted by Gasteiger charge is 2.04. The molecule has 5 nitrogen and oxygen atoms in total. The first-order valence-corrected chi connectivity index (χ1v) is 5.62. The molecule has 1 amide bonds. The van der Waals surface area contributed by atoms with Crippen molar-refractivity contribution in [3.05, 3.63) is 35.7 Å². The van der Waals surface area contributed by atoms with Crippen LogP contribution in [0.1, 0.15) is 12.5 Å². The molecule has 19 heavy (non-hydrogen) atoms. The molecule has 0 atom stereocenters. The van der Waals surface area contributed by atoms with Crippen LogP contribution in [-0.4, -0.2) is 30.1 Å². The number of hydrogen-bond acceptors (Lipinski definition) is 3. The molecule has 0 aromatic heterocycles. The van der Waals surface area contributed by atoms with Gasteiger partial charge in [-0.2, -0.15) is 0 Å². The molecule has 0 radical (unpaired) electrons. The number of carbonyl (C=O) groups excluding carboxylic acids is 1. The van der Waals surface area contributed by atoms with Gasteiger partial charge in [-0.1, -0.05) is 0 Å². The van der Waals surface area contributed by atoms with Gasteiger partial charge >= 0.3 is 5.97 Å². The highest BCUT2D eigenvalue weighted by atomic mass is 19.1. The molecule has 2 N–H and O–H groups in total.